The van der Waals surface area contributed by atoms with Crippen molar-refractivity contribution < 1.29 is 9.53 Å². The SMILES string of the molecule is Cc1ccc(C=O)cc1-c1ccc2c(c1)CCO2. The zero-order valence-electron chi connectivity index (χ0n) is 10.3. The van der Waals surface area contributed by atoms with Crippen molar-refractivity contribution in [3.8, 4) is 16.9 Å². The second-order valence-electron chi connectivity index (χ2n) is 4.61. The number of aryl methyl sites for hydroxylation is 1. The Hall–Kier alpha value is -2.09. The summed E-state index contributed by atoms with van der Waals surface area (Å²) >= 11 is 0. The summed E-state index contributed by atoms with van der Waals surface area (Å²) in [6, 6.07) is 12.0. The lowest BCUT2D eigenvalue weighted by Gasteiger charge is -2.08. The quantitative estimate of drug-likeness (QED) is 0.749. The van der Waals surface area contributed by atoms with E-state index in [0.717, 1.165) is 36.2 Å². The number of benzene rings is 2. The zero-order valence-corrected chi connectivity index (χ0v) is 10.3. The van der Waals surface area contributed by atoms with E-state index in [4.69, 9.17) is 4.74 Å². The minimum atomic E-state index is 0.715. The van der Waals surface area contributed by atoms with Crippen LogP contribution >= 0.6 is 0 Å². The summed E-state index contributed by atoms with van der Waals surface area (Å²) in [5.41, 5.74) is 5.42. The highest BCUT2D eigenvalue weighted by Crippen LogP contribution is 2.32. The van der Waals surface area contributed by atoms with E-state index in [1.165, 1.54) is 11.1 Å². The Balaban J connectivity index is 2.11. The second kappa shape index (κ2) is 4.30. The largest absolute Gasteiger partial charge is 0.493 e. The summed E-state index contributed by atoms with van der Waals surface area (Å²) in [5.74, 6) is 0.989. The maximum atomic E-state index is 10.9. The Morgan fingerprint density at radius 3 is 2.89 bits per heavy atom. The molecule has 2 nitrogen and oxygen atoms in total. The number of hydrogen-bond donors (Lipinski definition) is 0. The second-order valence-corrected chi connectivity index (χ2v) is 4.61. The third-order valence-electron chi connectivity index (χ3n) is 3.40. The van der Waals surface area contributed by atoms with Gasteiger partial charge in [0.05, 0.1) is 6.61 Å². The number of ether oxygens (including phenoxy) is 1. The van der Waals surface area contributed by atoms with Crippen molar-refractivity contribution in [2.45, 2.75) is 13.3 Å². The summed E-state index contributed by atoms with van der Waals surface area (Å²) in [5, 5.41) is 0. The third-order valence-corrected chi connectivity index (χ3v) is 3.40. The average Bonchev–Trinajstić information content (AvgIpc) is 2.86. The number of fused-ring (bicyclic) bond motifs is 1. The Morgan fingerprint density at radius 2 is 2.06 bits per heavy atom. The van der Waals surface area contributed by atoms with Crippen LogP contribution in [0.5, 0.6) is 5.75 Å². The fourth-order valence-corrected chi connectivity index (χ4v) is 2.38. The van der Waals surface area contributed by atoms with Crippen LogP contribution in [0.15, 0.2) is 36.4 Å². The monoisotopic (exact) mass is 238 g/mol. The molecule has 0 amide bonds. The molecule has 90 valence electrons. The van der Waals surface area contributed by atoms with Crippen LogP contribution in [-0.2, 0) is 6.42 Å². The molecular weight excluding hydrogens is 224 g/mol. The Morgan fingerprint density at radius 1 is 1.17 bits per heavy atom. The predicted octanol–water partition coefficient (Wildman–Crippen LogP) is 3.41. The van der Waals surface area contributed by atoms with Gasteiger partial charge < -0.3 is 4.74 Å². The van der Waals surface area contributed by atoms with E-state index in [9.17, 15) is 4.79 Å². The van der Waals surface area contributed by atoms with Crippen molar-refractivity contribution in [3.05, 3.63) is 53.1 Å². The number of carbonyl (C=O) groups excluding carboxylic acids is 1. The molecule has 0 unspecified atom stereocenters. The van der Waals surface area contributed by atoms with Gasteiger partial charge in [-0.25, -0.2) is 0 Å². The first-order chi connectivity index (χ1) is 8.78. The van der Waals surface area contributed by atoms with Crippen LogP contribution in [0.1, 0.15) is 21.5 Å². The maximum absolute atomic E-state index is 10.9. The van der Waals surface area contributed by atoms with Gasteiger partial charge in [0.25, 0.3) is 0 Å². The van der Waals surface area contributed by atoms with Crippen molar-refractivity contribution in [2.24, 2.45) is 0 Å². The number of rotatable bonds is 2. The molecule has 1 heterocycles. The molecule has 0 N–H and O–H groups in total. The van der Waals surface area contributed by atoms with Gasteiger partial charge in [-0.2, -0.15) is 0 Å². The molecule has 3 rings (SSSR count). The molecular formula is C16H14O2. The number of aldehydes is 1. The van der Waals surface area contributed by atoms with Gasteiger partial charge >= 0.3 is 0 Å². The van der Waals surface area contributed by atoms with Crippen LogP contribution in [0.4, 0.5) is 0 Å². The van der Waals surface area contributed by atoms with E-state index in [1.54, 1.807) is 0 Å². The summed E-state index contributed by atoms with van der Waals surface area (Å²) in [6.45, 7) is 2.83. The Kier molecular flexibility index (Phi) is 2.63. The molecule has 2 aromatic rings. The van der Waals surface area contributed by atoms with E-state index >= 15 is 0 Å². The maximum Gasteiger partial charge on any atom is 0.150 e. The van der Waals surface area contributed by atoms with Gasteiger partial charge in [0.1, 0.15) is 12.0 Å². The smallest absolute Gasteiger partial charge is 0.150 e. The first kappa shape index (κ1) is 11.0. The molecule has 18 heavy (non-hydrogen) atoms. The lowest BCUT2D eigenvalue weighted by atomic mass is 9.96. The van der Waals surface area contributed by atoms with Crippen molar-refractivity contribution in [2.75, 3.05) is 6.61 Å². The van der Waals surface area contributed by atoms with E-state index in [2.05, 4.69) is 19.1 Å². The van der Waals surface area contributed by atoms with Gasteiger partial charge in [-0.1, -0.05) is 18.2 Å². The molecule has 0 spiro atoms. The molecule has 0 radical (unpaired) electrons. The molecule has 0 aliphatic carbocycles. The first-order valence-electron chi connectivity index (χ1n) is 6.10. The van der Waals surface area contributed by atoms with Gasteiger partial charge in [-0.3, -0.25) is 4.79 Å². The molecule has 0 bridgehead atoms. The number of hydrogen-bond acceptors (Lipinski definition) is 2. The van der Waals surface area contributed by atoms with E-state index in [0.29, 0.717) is 5.56 Å². The Bertz CT molecular complexity index is 614. The highest BCUT2D eigenvalue weighted by atomic mass is 16.5. The lowest BCUT2D eigenvalue weighted by molar-refractivity contribution is 0.112. The van der Waals surface area contributed by atoms with E-state index in [-0.39, 0.29) is 0 Å². The Labute approximate surface area is 106 Å². The van der Waals surface area contributed by atoms with Crippen LogP contribution in [0, 0.1) is 6.92 Å². The van der Waals surface area contributed by atoms with Crippen LogP contribution in [-0.4, -0.2) is 12.9 Å². The normalized spacial score (nSPS) is 12.9. The highest BCUT2D eigenvalue weighted by molar-refractivity contribution is 5.80. The van der Waals surface area contributed by atoms with Crippen molar-refractivity contribution >= 4 is 6.29 Å². The van der Waals surface area contributed by atoms with Crippen LogP contribution in [0.25, 0.3) is 11.1 Å². The molecule has 0 aromatic heterocycles. The van der Waals surface area contributed by atoms with Crippen molar-refractivity contribution in [3.63, 3.8) is 0 Å². The topological polar surface area (TPSA) is 26.3 Å². The highest BCUT2D eigenvalue weighted by Gasteiger charge is 2.13. The fourth-order valence-electron chi connectivity index (χ4n) is 2.38. The molecule has 0 fully saturated rings. The molecule has 2 aromatic carbocycles. The predicted molar refractivity (Wildman–Crippen MR) is 71.2 cm³/mol. The zero-order chi connectivity index (χ0) is 12.5. The summed E-state index contributed by atoms with van der Waals surface area (Å²) in [6.07, 6.45) is 1.86. The van der Waals surface area contributed by atoms with Crippen LogP contribution < -0.4 is 4.74 Å². The van der Waals surface area contributed by atoms with Gasteiger partial charge in [0.15, 0.2) is 0 Å². The molecule has 0 saturated carbocycles. The summed E-state index contributed by atoms with van der Waals surface area (Å²) < 4.78 is 5.51. The minimum Gasteiger partial charge on any atom is -0.493 e. The summed E-state index contributed by atoms with van der Waals surface area (Å²) in [7, 11) is 0. The van der Waals surface area contributed by atoms with Gasteiger partial charge in [-0.05, 0) is 47.4 Å². The van der Waals surface area contributed by atoms with E-state index < -0.39 is 0 Å². The third kappa shape index (κ3) is 1.80. The van der Waals surface area contributed by atoms with Gasteiger partial charge in [0.2, 0.25) is 0 Å². The molecule has 1 aliphatic rings. The molecule has 0 saturated heterocycles. The first-order valence-corrected chi connectivity index (χ1v) is 6.10. The standard InChI is InChI=1S/C16H14O2/c1-11-2-3-12(10-17)8-15(11)13-4-5-16-14(9-13)6-7-18-16/h2-5,8-10H,6-7H2,1H3. The van der Waals surface area contributed by atoms with Crippen molar-refractivity contribution in [1.82, 2.24) is 0 Å². The lowest BCUT2D eigenvalue weighted by Crippen LogP contribution is -1.88. The molecule has 2 heteroatoms. The number of carbonyl (C=O) groups is 1. The minimum absolute atomic E-state index is 0.715. The van der Waals surface area contributed by atoms with Crippen molar-refractivity contribution in [1.29, 1.82) is 0 Å². The molecule has 1 aliphatic heterocycles. The van der Waals surface area contributed by atoms with E-state index in [1.807, 2.05) is 24.3 Å². The molecule has 0 atom stereocenters. The van der Waals surface area contributed by atoms with Gasteiger partial charge in [0, 0.05) is 12.0 Å². The summed E-state index contributed by atoms with van der Waals surface area (Å²) in [4.78, 5) is 10.9. The van der Waals surface area contributed by atoms with Crippen LogP contribution in [0.3, 0.4) is 0 Å². The van der Waals surface area contributed by atoms with Gasteiger partial charge in [-0.15, -0.1) is 0 Å². The van der Waals surface area contributed by atoms with Crippen LogP contribution in [0.2, 0.25) is 0 Å². The average molecular weight is 238 g/mol. The fraction of sp³-hybridized carbons (Fsp3) is 0.188.